The predicted molar refractivity (Wildman–Crippen MR) is 87.8 cm³/mol. The molecule has 0 unspecified atom stereocenters. The van der Waals surface area contributed by atoms with E-state index in [9.17, 15) is 9.90 Å². The Morgan fingerprint density at radius 3 is 1.52 bits per heavy atom. The number of aromatic hydroxyl groups is 1. The van der Waals surface area contributed by atoms with Gasteiger partial charge in [0, 0.05) is 6.07 Å². The summed E-state index contributed by atoms with van der Waals surface area (Å²) in [7, 11) is 0. The molecule has 25 heavy (non-hydrogen) atoms. The van der Waals surface area contributed by atoms with Crippen molar-refractivity contribution in [3.8, 4) is 17.2 Å². The minimum atomic E-state index is -0.165. The lowest BCUT2D eigenvalue weighted by atomic mass is 10.2. The number of benzene rings is 1. The van der Waals surface area contributed by atoms with Crippen molar-refractivity contribution < 1.29 is 38.3 Å². The number of carbonyl (C=O) groups is 1. The molecular weight excluding hydrogens is 332 g/mol. The summed E-state index contributed by atoms with van der Waals surface area (Å²) in [4.78, 5) is 11.0. The highest BCUT2D eigenvalue weighted by Gasteiger charge is 2.12. The zero-order valence-corrected chi connectivity index (χ0v) is 14.1. The fourth-order valence-corrected chi connectivity index (χ4v) is 2.07. The first kappa shape index (κ1) is 19.5. The second-order valence-electron chi connectivity index (χ2n) is 5.12. The summed E-state index contributed by atoms with van der Waals surface area (Å²) >= 11 is 0. The van der Waals surface area contributed by atoms with Crippen molar-refractivity contribution in [1.29, 1.82) is 0 Å². The fraction of sp³-hybridized carbons (Fsp3) is 0.588. The van der Waals surface area contributed by atoms with Crippen LogP contribution in [0.1, 0.15) is 10.4 Å². The number of ether oxygens (including phenoxy) is 6. The second kappa shape index (κ2) is 11.6. The lowest BCUT2D eigenvalue weighted by Gasteiger charge is -2.15. The Morgan fingerprint density at radius 2 is 1.08 bits per heavy atom. The van der Waals surface area contributed by atoms with Gasteiger partial charge in [-0.3, -0.25) is 4.79 Å². The maximum Gasteiger partial charge on any atom is 0.165 e. The van der Waals surface area contributed by atoms with Crippen LogP contribution in [0.4, 0.5) is 0 Å². The van der Waals surface area contributed by atoms with Gasteiger partial charge in [0.2, 0.25) is 0 Å². The predicted octanol–water partition coefficient (Wildman–Crippen LogP) is 1.04. The van der Waals surface area contributed by atoms with Gasteiger partial charge < -0.3 is 33.5 Å². The number of hydrogen-bond acceptors (Lipinski definition) is 8. The van der Waals surface area contributed by atoms with Gasteiger partial charge in [-0.05, 0) is 6.07 Å². The average molecular weight is 356 g/mol. The number of phenols is 1. The highest BCUT2D eigenvalue weighted by molar-refractivity contribution is 5.81. The maximum atomic E-state index is 11.0. The first-order valence-corrected chi connectivity index (χ1v) is 8.20. The molecule has 0 aromatic heterocycles. The standard InChI is InChI=1S/C17H24O8/c18-13-14-11-16-17(12-15(14)19)25-10-8-23-6-4-21-2-1-20-3-5-22-7-9-24-16/h11-13,19H,1-10H2. The minimum Gasteiger partial charge on any atom is -0.507 e. The van der Waals surface area contributed by atoms with Gasteiger partial charge in [0.25, 0.3) is 0 Å². The van der Waals surface area contributed by atoms with E-state index in [0.717, 1.165) is 0 Å². The van der Waals surface area contributed by atoms with Crippen molar-refractivity contribution in [2.75, 3.05) is 66.1 Å². The Kier molecular flexibility index (Phi) is 9.06. The van der Waals surface area contributed by atoms with E-state index in [-0.39, 0.29) is 24.5 Å². The van der Waals surface area contributed by atoms with Crippen LogP contribution in [0.5, 0.6) is 17.2 Å². The number of phenolic OH excluding ortho intramolecular Hbond substituents is 1. The highest BCUT2D eigenvalue weighted by atomic mass is 16.6. The van der Waals surface area contributed by atoms with Crippen molar-refractivity contribution in [3.63, 3.8) is 0 Å². The van der Waals surface area contributed by atoms with Crippen molar-refractivity contribution in [2.24, 2.45) is 0 Å². The minimum absolute atomic E-state index is 0.132. The Hall–Kier alpha value is -1.87. The van der Waals surface area contributed by atoms with E-state index in [2.05, 4.69) is 0 Å². The van der Waals surface area contributed by atoms with Crippen LogP contribution in [0.2, 0.25) is 0 Å². The molecule has 0 aliphatic carbocycles. The van der Waals surface area contributed by atoms with Gasteiger partial charge in [0.05, 0.1) is 58.4 Å². The highest BCUT2D eigenvalue weighted by Crippen LogP contribution is 2.33. The lowest BCUT2D eigenvalue weighted by molar-refractivity contribution is -0.00843. The smallest absolute Gasteiger partial charge is 0.165 e. The zero-order valence-electron chi connectivity index (χ0n) is 14.1. The van der Waals surface area contributed by atoms with Gasteiger partial charge in [0.15, 0.2) is 17.8 Å². The van der Waals surface area contributed by atoms with Crippen LogP contribution in [-0.2, 0) is 18.9 Å². The molecule has 0 saturated carbocycles. The Labute approximate surface area is 146 Å². The van der Waals surface area contributed by atoms with Gasteiger partial charge in [-0.1, -0.05) is 0 Å². The number of rotatable bonds is 1. The van der Waals surface area contributed by atoms with E-state index < -0.39 is 0 Å². The Morgan fingerprint density at radius 1 is 0.680 bits per heavy atom. The third-order valence-electron chi connectivity index (χ3n) is 3.31. The molecule has 1 N–H and O–H groups in total. The molecule has 0 atom stereocenters. The Bertz CT molecular complexity index is 520. The fourth-order valence-electron chi connectivity index (χ4n) is 2.07. The van der Waals surface area contributed by atoms with Crippen LogP contribution in [0.3, 0.4) is 0 Å². The molecule has 0 amide bonds. The molecule has 0 saturated heterocycles. The largest absolute Gasteiger partial charge is 0.507 e. The first-order valence-electron chi connectivity index (χ1n) is 8.20. The van der Waals surface area contributed by atoms with Gasteiger partial charge in [-0.15, -0.1) is 0 Å². The molecule has 0 spiro atoms. The van der Waals surface area contributed by atoms with Crippen molar-refractivity contribution in [2.45, 2.75) is 0 Å². The molecule has 1 aromatic carbocycles. The van der Waals surface area contributed by atoms with Crippen LogP contribution in [-0.4, -0.2) is 77.5 Å². The van der Waals surface area contributed by atoms with Gasteiger partial charge in [-0.25, -0.2) is 0 Å². The summed E-state index contributed by atoms with van der Waals surface area (Å²) in [5.74, 6) is 0.541. The van der Waals surface area contributed by atoms with Crippen molar-refractivity contribution >= 4 is 6.29 Å². The van der Waals surface area contributed by atoms with E-state index >= 15 is 0 Å². The quantitative estimate of drug-likeness (QED) is 0.746. The first-order chi connectivity index (χ1) is 12.3. The molecular formula is C17H24O8. The maximum absolute atomic E-state index is 11.0. The molecule has 8 heteroatoms. The summed E-state index contributed by atoms with van der Waals surface area (Å²) in [5, 5.41) is 9.81. The topological polar surface area (TPSA) is 92.7 Å². The number of fused-ring (bicyclic) bond motifs is 1. The van der Waals surface area contributed by atoms with E-state index in [1.165, 1.54) is 12.1 Å². The molecule has 1 aliphatic rings. The van der Waals surface area contributed by atoms with E-state index in [1.807, 2.05) is 0 Å². The number of aldehydes is 1. The van der Waals surface area contributed by atoms with Crippen LogP contribution in [0, 0.1) is 0 Å². The van der Waals surface area contributed by atoms with E-state index in [4.69, 9.17) is 28.4 Å². The SMILES string of the molecule is O=Cc1cc2c(cc1O)OCCOCCOCCOCCOCCO2. The van der Waals surface area contributed by atoms with Crippen LogP contribution in [0.25, 0.3) is 0 Å². The van der Waals surface area contributed by atoms with Crippen LogP contribution < -0.4 is 9.47 Å². The van der Waals surface area contributed by atoms with Gasteiger partial charge in [-0.2, -0.15) is 0 Å². The summed E-state index contributed by atoms with van der Waals surface area (Å²) < 4.78 is 32.7. The molecule has 8 nitrogen and oxygen atoms in total. The lowest BCUT2D eigenvalue weighted by Crippen LogP contribution is -2.16. The van der Waals surface area contributed by atoms with Crippen molar-refractivity contribution in [1.82, 2.24) is 0 Å². The summed E-state index contributed by atoms with van der Waals surface area (Å²) in [6, 6.07) is 2.79. The molecule has 2 rings (SSSR count). The molecule has 1 heterocycles. The Balaban J connectivity index is 1.95. The molecule has 0 fully saturated rings. The summed E-state index contributed by atoms with van der Waals surface area (Å²) in [5.41, 5.74) is 0.132. The van der Waals surface area contributed by atoms with Crippen LogP contribution in [0.15, 0.2) is 12.1 Å². The molecule has 140 valence electrons. The molecule has 1 aliphatic heterocycles. The number of hydrogen-bond donors (Lipinski definition) is 1. The number of carbonyl (C=O) groups excluding carboxylic acids is 1. The van der Waals surface area contributed by atoms with E-state index in [0.29, 0.717) is 70.6 Å². The van der Waals surface area contributed by atoms with Crippen molar-refractivity contribution in [3.05, 3.63) is 17.7 Å². The normalized spacial score (nSPS) is 18.7. The molecule has 0 bridgehead atoms. The molecule has 0 radical (unpaired) electrons. The zero-order chi connectivity index (χ0) is 17.7. The summed E-state index contributed by atoms with van der Waals surface area (Å²) in [6.45, 7) is 4.14. The monoisotopic (exact) mass is 356 g/mol. The van der Waals surface area contributed by atoms with Gasteiger partial charge >= 0.3 is 0 Å². The summed E-state index contributed by atoms with van der Waals surface area (Å²) in [6.07, 6.45) is 0.557. The third-order valence-corrected chi connectivity index (χ3v) is 3.31. The second-order valence-corrected chi connectivity index (χ2v) is 5.12. The third kappa shape index (κ3) is 7.27. The van der Waals surface area contributed by atoms with Crippen LogP contribution >= 0.6 is 0 Å². The van der Waals surface area contributed by atoms with Gasteiger partial charge in [0.1, 0.15) is 19.0 Å². The van der Waals surface area contributed by atoms with E-state index in [1.54, 1.807) is 0 Å². The average Bonchev–Trinajstić information content (AvgIpc) is 2.62. The molecule has 1 aromatic rings.